The minimum atomic E-state index is -4.85. The summed E-state index contributed by atoms with van der Waals surface area (Å²) in [5.41, 5.74) is -0.192. The van der Waals surface area contributed by atoms with Gasteiger partial charge < -0.3 is 4.74 Å². The minimum Gasteiger partial charge on any atom is -0.389 e. The molecule has 0 aromatic carbocycles. The van der Waals surface area contributed by atoms with E-state index in [9.17, 15) is 18.0 Å². The van der Waals surface area contributed by atoms with Crippen molar-refractivity contribution in [1.82, 2.24) is 4.98 Å². The van der Waals surface area contributed by atoms with Crippen molar-refractivity contribution in [3.05, 3.63) is 27.5 Å². The lowest BCUT2D eigenvalue weighted by molar-refractivity contribution is -0.276. The third kappa shape index (κ3) is 3.16. The summed E-state index contributed by atoms with van der Waals surface area (Å²) in [5.74, 6) is -0.823. The molecule has 15 heavy (non-hydrogen) atoms. The fourth-order valence-corrected chi connectivity index (χ4v) is 1.39. The third-order valence-electron chi connectivity index (χ3n) is 1.69. The van der Waals surface area contributed by atoms with Crippen LogP contribution in [0.5, 0.6) is 5.88 Å². The summed E-state index contributed by atoms with van der Waals surface area (Å²) in [5, 5.41) is 0. The molecule has 84 valence electrons. The number of halogens is 4. The first-order valence-electron chi connectivity index (χ1n) is 3.88. The van der Waals surface area contributed by atoms with Crippen LogP contribution in [0.1, 0.15) is 11.1 Å². The summed E-state index contributed by atoms with van der Waals surface area (Å²) in [6.07, 6.45) is -4.85. The van der Waals surface area contributed by atoms with Crippen LogP contribution in [0.3, 0.4) is 0 Å². The number of alkyl halides is 4. The molecule has 0 saturated heterocycles. The van der Waals surface area contributed by atoms with Gasteiger partial charge in [0.15, 0.2) is 0 Å². The van der Waals surface area contributed by atoms with E-state index in [0.29, 0.717) is 5.56 Å². The van der Waals surface area contributed by atoms with Crippen LogP contribution in [0, 0.1) is 6.92 Å². The highest BCUT2D eigenvalue weighted by molar-refractivity contribution is 6.17. The number of aromatic amines is 1. The number of aryl methyl sites for hydroxylation is 1. The first-order chi connectivity index (χ1) is 6.83. The lowest BCUT2D eigenvalue weighted by Crippen LogP contribution is -2.21. The van der Waals surface area contributed by atoms with Gasteiger partial charge in [-0.15, -0.1) is 24.8 Å². The van der Waals surface area contributed by atoms with Gasteiger partial charge in [0.05, 0.1) is 5.88 Å². The second-order valence-electron chi connectivity index (χ2n) is 2.81. The minimum absolute atomic E-state index is 0.119. The average molecular weight is 242 g/mol. The summed E-state index contributed by atoms with van der Waals surface area (Å²) in [7, 11) is 0. The van der Waals surface area contributed by atoms with Gasteiger partial charge in [0.1, 0.15) is 0 Å². The Morgan fingerprint density at radius 2 is 2.13 bits per heavy atom. The zero-order valence-corrected chi connectivity index (χ0v) is 8.37. The maximum Gasteiger partial charge on any atom is 0.574 e. The highest BCUT2D eigenvalue weighted by Gasteiger charge is 2.32. The van der Waals surface area contributed by atoms with E-state index in [-0.39, 0.29) is 11.4 Å². The molecule has 0 aliphatic heterocycles. The molecule has 0 amide bonds. The Bertz CT molecular complexity index is 413. The van der Waals surface area contributed by atoms with Gasteiger partial charge in [0.2, 0.25) is 5.88 Å². The summed E-state index contributed by atoms with van der Waals surface area (Å²) >= 11 is 5.45. The zero-order chi connectivity index (χ0) is 11.6. The van der Waals surface area contributed by atoms with Crippen LogP contribution in [-0.4, -0.2) is 11.3 Å². The lowest BCUT2D eigenvalue weighted by atomic mass is 10.2. The standard InChI is InChI=1S/C8H7ClF3NO2/c1-4-2-6(14)13-7(5(4)3-9)15-8(10,11)12/h2H,3H2,1H3,(H,13,14). The average Bonchev–Trinajstić information content (AvgIpc) is 1.99. The molecule has 1 heterocycles. The first-order valence-corrected chi connectivity index (χ1v) is 4.41. The van der Waals surface area contributed by atoms with E-state index in [1.54, 1.807) is 0 Å². The second-order valence-corrected chi connectivity index (χ2v) is 3.07. The van der Waals surface area contributed by atoms with Crippen LogP contribution >= 0.6 is 11.6 Å². The zero-order valence-electron chi connectivity index (χ0n) is 7.61. The molecule has 0 spiro atoms. The number of ether oxygens (including phenoxy) is 1. The van der Waals surface area contributed by atoms with Crippen LogP contribution in [0.4, 0.5) is 13.2 Å². The van der Waals surface area contributed by atoms with Gasteiger partial charge in [-0.25, -0.2) is 0 Å². The molecule has 0 saturated carbocycles. The molecule has 1 aromatic rings. The molecule has 1 rings (SSSR count). The number of nitrogens with one attached hydrogen (secondary N) is 1. The van der Waals surface area contributed by atoms with Gasteiger partial charge in [-0.1, -0.05) is 0 Å². The molecular weight excluding hydrogens is 235 g/mol. The van der Waals surface area contributed by atoms with Gasteiger partial charge in [-0.05, 0) is 12.5 Å². The van der Waals surface area contributed by atoms with Crippen molar-refractivity contribution in [2.75, 3.05) is 0 Å². The predicted octanol–water partition coefficient (Wildman–Crippen LogP) is 2.32. The smallest absolute Gasteiger partial charge is 0.389 e. The van der Waals surface area contributed by atoms with E-state index in [4.69, 9.17) is 11.6 Å². The molecule has 0 unspecified atom stereocenters. The monoisotopic (exact) mass is 241 g/mol. The normalized spacial score (nSPS) is 11.5. The van der Waals surface area contributed by atoms with Crippen molar-refractivity contribution < 1.29 is 17.9 Å². The number of pyridine rings is 1. The summed E-state index contributed by atoms with van der Waals surface area (Å²) in [4.78, 5) is 12.9. The van der Waals surface area contributed by atoms with Gasteiger partial charge in [-0.2, -0.15) is 0 Å². The van der Waals surface area contributed by atoms with Crippen LogP contribution in [0.15, 0.2) is 10.9 Å². The van der Waals surface area contributed by atoms with Crippen molar-refractivity contribution in [3.63, 3.8) is 0 Å². The molecule has 0 aliphatic rings. The van der Waals surface area contributed by atoms with Crippen molar-refractivity contribution >= 4 is 11.6 Å². The van der Waals surface area contributed by atoms with Gasteiger partial charge in [-0.3, -0.25) is 9.78 Å². The van der Waals surface area contributed by atoms with Gasteiger partial charge in [0.25, 0.3) is 5.56 Å². The fraction of sp³-hybridized carbons (Fsp3) is 0.375. The topological polar surface area (TPSA) is 42.1 Å². The molecular formula is C8H7ClF3NO2. The summed E-state index contributed by atoms with van der Waals surface area (Å²) < 4.78 is 39.4. The molecule has 0 atom stereocenters. The first kappa shape index (κ1) is 11.9. The van der Waals surface area contributed by atoms with Crippen LogP contribution in [0.2, 0.25) is 0 Å². The Labute approximate surface area is 87.8 Å². The van der Waals surface area contributed by atoms with E-state index in [1.807, 2.05) is 4.98 Å². The van der Waals surface area contributed by atoms with E-state index in [0.717, 1.165) is 6.07 Å². The number of H-pyrrole nitrogens is 1. The Kier molecular flexibility index (Phi) is 3.28. The van der Waals surface area contributed by atoms with Crippen molar-refractivity contribution in [2.45, 2.75) is 19.2 Å². The highest BCUT2D eigenvalue weighted by atomic mass is 35.5. The van der Waals surface area contributed by atoms with Gasteiger partial charge >= 0.3 is 6.36 Å². The lowest BCUT2D eigenvalue weighted by Gasteiger charge is -2.12. The molecule has 0 bridgehead atoms. The Hall–Kier alpha value is -1.17. The Balaban J connectivity index is 3.21. The number of rotatable bonds is 2. The van der Waals surface area contributed by atoms with Crippen LogP contribution < -0.4 is 10.3 Å². The molecule has 0 radical (unpaired) electrons. The fourth-order valence-electron chi connectivity index (χ4n) is 1.06. The Morgan fingerprint density at radius 3 is 2.60 bits per heavy atom. The SMILES string of the molecule is Cc1cc(=O)[nH]c(OC(F)(F)F)c1CCl. The molecule has 7 heteroatoms. The molecule has 1 N–H and O–H groups in total. The predicted molar refractivity (Wildman–Crippen MR) is 48.0 cm³/mol. The van der Waals surface area contributed by atoms with E-state index in [1.165, 1.54) is 6.92 Å². The molecule has 1 aromatic heterocycles. The van der Waals surface area contributed by atoms with Crippen LogP contribution in [0.25, 0.3) is 0 Å². The van der Waals surface area contributed by atoms with Crippen molar-refractivity contribution in [3.8, 4) is 5.88 Å². The van der Waals surface area contributed by atoms with E-state index < -0.39 is 17.8 Å². The number of hydrogen-bond acceptors (Lipinski definition) is 2. The Morgan fingerprint density at radius 1 is 1.53 bits per heavy atom. The summed E-state index contributed by atoms with van der Waals surface area (Å²) in [6, 6.07) is 1.15. The number of aromatic nitrogens is 1. The molecule has 0 fully saturated rings. The maximum absolute atomic E-state index is 11.9. The van der Waals surface area contributed by atoms with Crippen molar-refractivity contribution in [1.29, 1.82) is 0 Å². The van der Waals surface area contributed by atoms with Crippen LogP contribution in [-0.2, 0) is 5.88 Å². The van der Waals surface area contributed by atoms with E-state index in [2.05, 4.69) is 4.74 Å². The van der Waals surface area contributed by atoms with E-state index >= 15 is 0 Å². The second kappa shape index (κ2) is 4.14. The quantitative estimate of drug-likeness (QED) is 0.808. The van der Waals surface area contributed by atoms with Crippen molar-refractivity contribution in [2.24, 2.45) is 0 Å². The van der Waals surface area contributed by atoms with Gasteiger partial charge in [0, 0.05) is 11.6 Å². The molecule has 0 aliphatic carbocycles. The third-order valence-corrected chi connectivity index (χ3v) is 1.95. The maximum atomic E-state index is 11.9. The molecule has 3 nitrogen and oxygen atoms in total. The largest absolute Gasteiger partial charge is 0.574 e. The number of hydrogen-bond donors (Lipinski definition) is 1. The summed E-state index contributed by atoms with van der Waals surface area (Å²) in [6.45, 7) is 1.48. The highest BCUT2D eigenvalue weighted by Crippen LogP contribution is 2.26.